The molecule has 0 saturated heterocycles. The topological polar surface area (TPSA) is 87.5 Å². The highest BCUT2D eigenvalue weighted by molar-refractivity contribution is 5.95. The Balaban J connectivity index is 2.87. The molecule has 0 aliphatic rings. The number of rotatable bonds is 5. The Morgan fingerprint density at radius 3 is 2.45 bits per heavy atom. The minimum Gasteiger partial charge on any atom is -0.354 e. The quantitative estimate of drug-likeness (QED) is 0.797. The second-order valence-corrected chi connectivity index (χ2v) is 3.66. The number of aromatic nitrogens is 2. The molecular weight excluding hydrogens is 258 g/mol. The van der Waals surface area contributed by atoms with Gasteiger partial charge in [0.25, 0.3) is 11.8 Å². The number of hydrogen-bond donors (Lipinski definition) is 1. The standard InChI is InChI=1S/C13H15N5O2/c1-5-6-15-9(2)18(4)13(20)11-8-16-10(7-17-11)12(19)14-3/h5-8H,1-2H2,3-4H3,(H,14,19)/b15-6-. The number of aliphatic imine (C=N–C) groups is 1. The summed E-state index contributed by atoms with van der Waals surface area (Å²) in [5.74, 6) is -0.552. The highest BCUT2D eigenvalue weighted by atomic mass is 16.2. The fraction of sp³-hybridized carbons (Fsp3) is 0.154. The normalized spacial score (nSPS) is 10.1. The summed E-state index contributed by atoms with van der Waals surface area (Å²) in [6.07, 6.45) is 5.36. The van der Waals surface area contributed by atoms with Crippen LogP contribution in [-0.4, -0.2) is 47.0 Å². The summed E-state index contributed by atoms with van der Waals surface area (Å²) in [7, 11) is 3.00. The first kappa shape index (κ1) is 15.2. The van der Waals surface area contributed by atoms with Crippen molar-refractivity contribution in [1.29, 1.82) is 0 Å². The van der Waals surface area contributed by atoms with Gasteiger partial charge in [0.15, 0.2) is 0 Å². The second kappa shape index (κ2) is 6.93. The molecule has 1 rings (SSSR count). The van der Waals surface area contributed by atoms with Gasteiger partial charge in [-0.05, 0) is 0 Å². The van der Waals surface area contributed by atoms with Gasteiger partial charge in [-0.2, -0.15) is 0 Å². The number of allylic oxidation sites excluding steroid dienone is 1. The fourth-order valence-electron chi connectivity index (χ4n) is 1.20. The van der Waals surface area contributed by atoms with Crippen molar-refractivity contribution in [2.24, 2.45) is 4.99 Å². The van der Waals surface area contributed by atoms with Crippen molar-refractivity contribution >= 4 is 18.0 Å². The molecule has 0 bridgehead atoms. The molecule has 20 heavy (non-hydrogen) atoms. The van der Waals surface area contributed by atoms with E-state index in [1.54, 1.807) is 0 Å². The monoisotopic (exact) mass is 273 g/mol. The number of carbonyl (C=O) groups excluding carboxylic acids is 2. The first-order valence-corrected chi connectivity index (χ1v) is 5.67. The van der Waals surface area contributed by atoms with E-state index in [0.717, 1.165) is 0 Å². The lowest BCUT2D eigenvalue weighted by Crippen LogP contribution is -2.26. The van der Waals surface area contributed by atoms with Crippen molar-refractivity contribution in [3.05, 3.63) is 48.8 Å². The minimum atomic E-state index is -0.424. The van der Waals surface area contributed by atoms with Gasteiger partial charge in [0.2, 0.25) is 0 Å². The van der Waals surface area contributed by atoms with E-state index in [9.17, 15) is 9.59 Å². The van der Waals surface area contributed by atoms with Crippen molar-refractivity contribution in [2.45, 2.75) is 0 Å². The number of carbonyl (C=O) groups is 2. The van der Waals surface area contributed by atoms with Gasteiger partial charge in [-0.1, -0.05) is 19.2 Å². The van der Waals surface area contributed by atoms with Crippen molar-refractivity contribution in [3.8, 4) is 0 Å². The Labute approximate surface area is 116 Å². The van der Waals surface area contributed by atoms with E-state index in [2.05, 4.69) is 33.4 Å². The molecule has 7 nitrogen and oxygen atoms in total. The molecule has 104 valence electrons. The molecule has 1 N–H and O–H groups in total. The van der Waals surface area contributed by atoms with Gasteiger partial charge < -0.3 is 5.32 Å². The Kier molecular flexibility index (Phi) is 5.28. The third-order valence-electron chi connectivity index (χ3n) is 2.35. The van der Waals surface area contributed by atoms with E-state index in [4.69, 9.17) is 0 Å². The third-order valence-corrected chi connectivity index (χ3v) is 2.35. The Morgan fingerprint density at radius 2 is 1.95 bits per heavy atom. The molecule has 1 aromatic heterocycles. The molecular formula is C13H15N5O2. The zero-order valence-electron chi connectivity index (χ0n) is 11.3. The van der Waals surface area contributed by atoms with Gasteiger partial charge in [0.05, 0.1) is 12.4 Å². The van der Waals surface area contributed by atoms with E-state index >= 15 is 0 Å². The molecule has 0 radical (unpaired) electrons. The SMILES string of the molecule is C=C/C=N\C(=C)N(C)C(=O)c1cnc(C(=O)NC)cn1. The molecule has 0 aromatic carbocycles. The predicted octanol–water partition coefficient (Wildman–Crippen LogP) is 0.636. The molecule has 0 unspecified atom stereocenters. The zero-order valence-corrected chi connectivity index (χ0v) is 11.3. The Hall–Kier alpha value is -2.83. The lowest BCUT2D eigenvalue weighted by molar-refractivity contribution is 0.0828. The third kappa shape index (κ3) is 3.58. The molecule has 0 saturated carbocycles. The molecule has 2 amide bonds. The number of amides is 2. The van der Waals surface area contributed by atoms with E-state index in [0.29, 0.717) is 0 Å². The van der Waals surface area contributed by atoms with E-state index in [1.807, 2.05) is 0 Å². The van der Waals surface area contributed by atoms with Crippen LogP contribution in [-0.2, 0) is 0 Å². The lowest BCUT2D eigenvalue weighted by atomic mass is 10.3. The maximum absolute atomic E-state index is 12.1. The molecule has 0 spiro atoms. The first-order chi connectivity index (χ1) is 9.51. The van der Waals surface area contributed by atoms with Crippen LogP contribution in [0.2, 0.25) is 0 Å². The summed E-state index contributed by atoms with van der Waals surface area (Å²) in [6.45, 7) is 7.12. The fourth-order valence-corrected chi connectivity index (χ4v) is 1.20. The van der Waals surface area contributed by atoms with Gasteiger partial charge >= 0.3 is 0 Å². The molecule has 0 fully saturated rings. The number of nitrogens with zero attached hydrogens (tertiary/aromatic N) is 4. The van der Waals surface area contributed by atoms with Gasteiger partial charge in [-0.25, -0.2) is 15.0 Å². The average molecular weight is 273 g/mol. The summed E-state index contributed by atoms with van der Waals surface area (Å²) in [6, 6.07) is 0. The minimum absolute atomic E-state index is 0.0927. The zero-order chi connectivity index (χ0) is 15.1. The Bertz CT molecular complexity index is 563. The maximum atomic E-state index is 12.1. The maximum Gasteiger partial charge on any atom is 0.279 e. The summed E-state index contributed by atoms with van der Waals surface area (Å²) < 4.78 is 0. The van der Waals surface area contributed by atoms with E-state index < -0.39 is 5.91 Å². The van der Waals surface area contributed by atoms with Crippen LogP contribution in [0.4, 0.5) is 0 Å². The van der Waals surface area contributed by atoms with Crippen LogP contribution in [0.5, 0.6) is 0 Å². The summed E-state index contributed by atoms with van der Waals surface area (Å²) in [4.78, 5) is 36.3. The summed E-state index contributed by atoms with van der Waals surface area (Å²) >= 11 is 0. The summed E-state index contributed by atoms with van der Waals surface area (Å²) in [5.41, 5.74) is 0.227. The molecule has 0 aliphatic heterocycles. The molecule has 1 heterocycles. The van der Waals surface area contributed by atoms with Crippen molar-refractivity contribution in [1.82, 2.24) is 20.2 Å². The molecule has 0 atom stereocenters. The second-order valence-electron chi connectivity index (χ2n) is 3.66. The smallest absolute Gasteiger partial charge is 0.279 e. The largest absolute Gasteiger partial charge is 0.354 e. The predicted molar refractivity (Wildman–Crippen MR) is 75.3 cm³/mol. The van der Waals surface area contributed by atoms with Crippen LogP contribution in [0.25, 0.3) is 0 Å². The molecule has 1 aromatic rings. The van der Waals surface area contributed by atoms with Crippen LogP contribution < -0.4 is 5.32 Å². The van der Waals surface area contributed by atoms with Crippen LogP contribution in [0.1, 0.15) is 21.0 Å². The van der Waals surface area contributed by atoms with Crippen LogP contribution >= 0.6 is 0 Å². The lowest BCUT2D eigenvalue weighted by Gasteiger charge is -2.15. The first-order valence-electron chi connectivity index (χ1n) is 5.67. The van der Waals surface area contributed by atoms with Crippen molar-refractivity contribution < 1.29 is 9.59 Å². The van der Waals surface area contributed by atoms with E-state index in [-0.39, 0.29) is 23.1 Å². The number of hydrogen-bond acceptors (Lipinski definition) is 5. The van der Waals surface area contributed by atoms with Crippen molar-refractivity contribution in [2.75, 3.05) is 14.1 Å². The van der Waals surface area contributed by atoms with Crippen LogP contribution in [0.15, 0.2) is 42.4 Å². The highest BCUT2D eigenvalue weighted by Gasteiger charge is 2.16. The van der Waals surface area contributed by atoms with Gasteiger partial charge in [0, 0.05) is 20.3 Å². The van der Waals surface area contributed by atoms with Gasteiger partial charge in [-0.15, -0.1) is 0 Å². The highest BCUT2D eigenvalue weighted by Crippen LogP contribution is 2.06. The molecule has 7 heteroatoms. The average Bonchev–Trinajstić information content (AvgIpc) is 2.50. The molecule has 0 aliphatic carbocycles. The van der Waals surface area contributed by atoms with E-state index in [1.165, 1.54) is 43.7 Å². The van der Waals surface area contributed by atoms with Crippen LogP contribution in [0, 0.1) is 0 Å². The Morgan fingerprint density at radius 1 is 1.35 bits per heavy atom. The summed E-state index contributed by atoms with van der Waals surface area (Å²) in [5, 5.41) is 2.41. The van der Waals surface area contributed by atoms with Crippen LogP contribution in [0.3, 0.4) is 0 Å². The van der Waals surface area contributed by atoms with Gasteiger partial charge in [-0.3, -0.25) is 14.5 Å². The number of nitrogens with one attached hydrogen (secondary N) is 1. The van der Waals surface area contributed by atoms with Crippen molar-refractivity contribution in [3.63, 3.8) is 0 Å². The van der Waals surface area contributed by atoms with Gasteiger partial charge in [0.1, 0.15) is 17.2 Å².